The zero-order valence-electron chi connectivity index (χ0n) is 13.7. The average molecular weight is 361 g/mol. The Balaban J connectivity index is 1.39. The summed E-state index contributed by atoms with van der Waals surface area (Å²) in [4.78, 5) is 16.4. The third-order valence-electron chi connectivity index (χ3n) is 3.89. The first-order valence-corrected chi connectivity index (χ1v) is 8.91. The molecule has 0 radical (unpaired) electrons. The normalized spacial score (nSPS) is 10.6. The molecule has 0 aliphatic rings. The van der Waals surface area contributed by atoms with E-state index in [-0.39, 0.29) is 5.91 Å². The molecule has 1 amide bonds. The fourth-order valence-corrected chi connectivity index (χ4v) is 3.01. The molecule has 2 N–H and O–H groups in total. The van der Waals surface area contributed by atoms with Gasteiger partial charge in [-0.15, -0.1) is 10.2 Å². The lowest BCUT2D eigenvalue weighted by atomic mass is 10.1. The Morgan fingerprint density at radius 2 is 1.92 bits per heavy atom. The van der Waals surface area contributed by atoms with E-state index in [1.165, 1.54) is 27.7 Å². The van der Waals surface area contributed by atoms with Gasteiger partial charge in [-0.1, -0.05) is 47.7 Å². The van der Waals surface area contributed by atoms with Crippen LogP contribution in [0, 0.1) is 0 Å². The fourth-order valence-electron chi connectivity index (χ4n) is 2.57. The molecule has 0 atom stereocenters. The molecule has 0 saturated carbocycles. The molecular weight excluding hydrogens is 346 g/mol. The summed E-state index contributed by atoms with van der Waals surface area (Å²) in [6.45, 7) is 0.661. The summed E-state index contributed by atoms with van der Waals surface area (Å²) in [5.74, 6) is 0.459. The molecule has 128 valence electrons. The van der Waals surface area contributed by atoms with E-state index in [1.807, 2.05) is 12.1 Å². The molecule has 0 bridgehead atoms. The zero-order valence-corrected chi connectivity index (χ0v) is 14.5. The van der Waals surface area contributed by atoms with Gasteiger partial charge in [-0.2, -0.15) is 0 Å². The topological polar surface area (TPSA) is 79.8 Å². The van der Waals surface area contributed by atoms with Gasteiger partial charge < -0.3 is 5.32 Å². The highest BCUT2D eigenvalue weighted by Gasteiger charge is 2.08. The molecule has 0 fully saturated rings. The highest BCUT2D eigenvalue weighted by molar-refractivity contribution is 7.13. The third kappa shape index (κ3) is 3.68. The SMILES string of the molecule is O=C(Nc1nncs1)c1ccc(NCc2ccc3ccccc3c2)nc1. The standard InChI is InChI=1S/C19H15N5OS/c25-18(23-19-24-22-12-26-19)16-7-8-17(21-11-16)20-10-13-5-6-14-3-1-2-4-15(14)9-13/h1-9,11-12H,10H2,(H,20,21)(H,23,24,25). The Morgan fingerprint density at radius 3 is 2.69 bits per heavy atom. The first kappa shape index (κ1) is 16.2. The van der Waals surface area contributed by atoms with E-state index >= 15 is 0 Å². The van der Waals surface area contributed by atoms with Crippen molar-refractivity contribution in [2.45, 2.75) is 6.54 Å². The summed E-state index contributed by atoms with van der Waals surface area (Å²) in [5, 5.41) is 16.3. The molecule has 2 aromatic heterocycles. The second kappa shape index (κ2) is 7.28. The summed E-state index contributed by atoms with van der Waals surface area (Å²) >= 11 is 1.27. The number of anilines is 2. The van der Waals surface area contributed by atoms with Gasteiger partial charge in [-0.25, -0.2) is 4.98 Å². The van der Waals surface area contributed by atoms with Gasteiger partial charge in [-0.05, 0) is 34.5 Å². The third-order valence-corrected chi connectivity index (χ3v) is 4.50. The van der Waals surface area contributed by atoms with Gasteiger partial charge >= 0.3 is 0 Å². The molecule has 0 aliphatic carbocycles. The monoisotopic (exact) mass is 361 g/mol. The molecule has 4 rings (SSSR count). The lowest BCUT2D eigenvalue weighted by molar-refractivity contribution is 0.102. The van der Waals surface area contributed by atoms with E-state index in [1.54, 1.807) is 23.8 Å². The maximum absolute atomic E-state index is 12.1. The van der Waals surface area contributed by atoms with Crippen molar-refractivity contribution in [1.29, 1.82) is 0 Å². The van der Waals surface area contributed by atoms with Gasteiger partial charge in [0.2, 0.25) is 5.13 Å². The number of pyridine rings is 1. The van der Waals surface area contributed by atoms with E-state index < -0.39 is 0 Å². The van der Waals surface area contributed by atoms with Crippen LogP contribution in [0.5, 0.6) is 0 Å². The van der Waals surface area contributed by atoms with Crippen LogP contribution in [0.15, 0.2) is 66.3 Å². The maximum Gasteiger partial charge on any atom is 0.259 e. The van der Waals surface area contributed by atoms with Crippen LogP contribution in [0.1, 0.15) is 15.9 Å². The predicted molar refractivity (Wildman–Crippen MR) is 103 cm³/mol. The number of aromatic nitrogens is 3. The van der Waals surface area contributed by atoms with Crippen LogP contribution in [-0.4, -0.2) is 21.1 Å². The van der Waals surface area contributed by atoms with Crippen LogP contribution in [-0.2, 0) is 6.54 Å². The van der Waals surface area contributed by atoms with Crippen LogP contribution in [0.4, 0.5) is 10.9 Å². The lowest BCUT2D eigenvalue weighted by Gasteiger charge is -2.08. The number of hydrogen-bond donors (Lipinski definition) is 2. The Kier molecular flexibility index (Phi) is 4.53. The van der Waals surface area contributed by atoms with Crippen molar-refractivity contribution in [1.82, 2.24) is 15.2 Å². The second-order valence-corrected chi connectivity index (χ2v) is 6.50. The van der Waals surface area contributed by atoms with Gasteiger partial charge in [0.1, 0.15) is 11.3 Å². The highest BCUT2D eigenvalue weighted by Crippen LogP contribution is 2.17. The zero-order chi connectivity index (χ0) is 17.8. The number of nitrogens with zero attached hydrogens (tertiary/aromatic N) is 3. The second-order valence-electron chi connectivity index (χ2n) is 5.67. The van der Waals surface area contributed by atoms with Crippen molar-refractivity contribution < 1.29 is 4.79 Å². The minimum absolute atomic E-state index is 0.254. The van der Waals surface area contributed by atoms with Crippen molar-refractivity contribution in [3.8, 4) is 0 Å². The van der Waals surface area contributed by atoms with Gasteiger partial charge in [0.25, 0.3) is 5.91 Å². The van der Waals surface area contributed by atoms with E-state index in [4.69, 9.17) is 0 Å². The summed E-state index contributed by atoms with van der Waals surface area (Å²) in [6.07, 6.45) is 1.54. The van der Waals surface area contributed by atoms with Crippen molar-refractivity contribution in [3.63, 3.8) is 0 Å². The van der Waals surface area contributed by atoms with E-state index in [9.17, 15) is 4.79 Å². The number of amides is 1. The number of carbonyl (C=O) groups is 1. The van der Waals surface area contributed by atoms with Crippen molar-refractivity contribution in [3.05, 3.63) is 77.4 Å². The largest absolute Gasteiger partial charge is 0.366 e. The van der Waals surface area contributed by atoms with Gasteiger partial charge in [0.05, 0.1) is 5.56 Å². The van der Waals surface area contributed by atoms with Crippen LogP contribution in [0.25, 0.3) is 10.8 Å². The van der Waals surface area contributed by atoms with Crippen LogP contribution in [0.2, 0.25) is 0 Å². The molecule has 2 aromatic carbocycles. The van der Waals surface area contributed by atoms with Crippen LogP contribution >= 0.6 is 11.3 Å². The fraction of sp³-hybridized carbons (Fsp3) is 0.0526. The molecule has 7 heteroatoms. The smallest absolute Gasteiger partial charge is 0.259 e. The minimum atomic E-state index is -0.254. The Labute approximate surface area is 153 Å². The number of carbonyl (C=O) groups excluding carboxylic acids is 1. The Hall–Kier alpha value is -3.32. The molecule has 6 nitrogen and oxygen atoms in total. The predicted octanol–water partition coefficient (Wildman–Crippen LogP) is 3.95. The number of fused-ring (bicyclic) bond motifs is 1. The molecule has 0 spiro atoms. The summed E-state index contributed by atoms with van der Waals surface area (Å²) in [6, 6.07) is 18.1. The quantitative estimate of drug-likeness (QED) is 0.563. The first-order chi connectivity index (χ1) is 12.8. The summed E-state index contributed by atoms with van der Waals surface area (Å²) in [5.41, 5.74) is 3.20. The highest BCUT2D eigenvalue weighted by atomic mass is 32.1. The van der Waals surface area contributed by atoms with Crippen molar-refractivity contribution >= 4 is 39.0 Å². The minimum Gasteiger partial charge on any atom is -0.366 e. The molecular formula is C19H15N5OS. The average Bonchev–Trinajstić information content (AvgIpc) is 3.19. The first-order valence-electron chi connectivity index (χ1n) is 8.03. The van der Waals surface area contributed by atoms with Gasteiger partial charge in [0, 0.05) is 12.7 Å². The number of rotatable bonds is 5. The van der Waals surface area contributed by atoms with Crippen LogP contribution < -0.4 is 10.6 Å². The molecule has 26 heavy (non-hydrogen) atoms. The number of nitrogens with one attached hydrogen (secondary N) is 2. The van der Waals surface area contributed by atoms with Crippen molar-refractivity contribution in [2.24, 2.45) is 0 Å². The molecule has 2 heterocycles. The summed E-state index contributed by atoms with van der Waals surface area (Å²) < 4.78 is 0. The van der Waals surface area contributed by atoms with Gasteiger partial charge in [-0.3, -0.25) is 10.1 Å². The molecule has 0 saturated heterocycles. The molecule has 4 aromatic rings. The molecule has 0 unspecified atom stereocenters. The van der Waals surface area contributed by atoms with Crippen LogP contribution in [0.3, 0.4) is 0 Å². The van der Waals surface area contributed by atoms with E-state index in [0.29, 0.717) is 23.1 Å². The van der Waals surface area contributed by atoms with Gasteiger partial charge in [0.15, 0.2) is 0 Å². The van der Waals surface area contributed by atoms with Crippen molar-refractivity contribution in [2.75, 3.05) is 10.6 Å². The van der Waals surface area contributed by atoms with E-state index in [0.717, 1.165) is 0 Å². The number of hydrogen-bond acceptors (Lipinski definition) is 6. The maximum atomic E-state index is 12.1. The lowest BCUT2D eigenvalue weighted by Crippen LogP contribution is -2.12. The molecule has 0 aliphatic heterocycles. The number of benzene rings is 2. The van der Waals surface area contributed by atoms with E-state index in [2.05, 4.69) is 56.1 Å². The Morgan fingerprint density at radius 1 is 1.04 bits per heavy atom. The summed E-state index contributed by atoms with van der Waals surface area (Å²) in [7, 11) is 0. The Bertz CT molecular complexity index is 1030.